The number of carbonyl (C=O) groups is 1. The topological polar surface area (TPSA) is 52.9 Å². The number of nitrogens with zero attached hydrogens (tertiary/aromatic N) is 1. The third kappa shape index (κ3) is 4.43. The van der Waals surface area contributed by atoms with Gasteiger partial charge in [0.05, 0.1) is 11.6 Å². The first-order valence-electron chi connectivity index (χ1n) is 9.12. The molecular weight excluding hydrogens is 332 g/mol. The van der Waals surface area contributed by atoms with Crippen LogP contribution in [0.15, 0.2) is 78.9 Å². The Morgan fingerprint density at radius 3 is 2.30 bits per heavy atom. The second-order valence-electron chi connectivity index (χ2n) is 6.56. The van der Waals surface area contributed by atoms with Gasteiger partial charge in [-0.15, -0.1) is 0 Å². The maximum atomic E-state index is 12.8. The van der Waals surface area contributed by atoms with E-state index in [-0.39, 0.29) is 5.91 Å². The van der Waals surface area contributed by atoms with Gasteiger partial charge in [0, 0.05) is 17.7 Å². The number of nitrogens with one attached hydrogen (secondary N) is 1. The molecule has 0 aliphatic heterocycles. The van der Waals surface area contributed by atoms with Gasteiger partial charge < -0.3 is 5.32 Å². The van der Waals surface area contributed by atoms with Gasteiger partial charge in [0.25, 0.3) is 5.91 Å². The van der Waals surface area contributed by atoms with Gasteiger partial charge in [-0.25, -0.2) is 0 Å². The number of benzene rings is 3. The summed E-state index contributed by atoms with van der Waals surface area (Å²) in [5, 5.41) is 12.4. The molecule has 1 unspecified atom stereocenters. The minimum Gasteiger partial charge on any atom is -0.352 e. The quantitative estimate of drug-likeness (QED) is 0.665. The molecule has 1 atom stereocenters. The lowest BCUT2D eigenvalue weighted by molar-refractivity contribution is 0.0953. The standard InChI is InChI=1S/C24H22N2O/c1-18(19-9-3-2-4-10-19)15-16-26-24(27)23-14-8-7-13-22(23)21-12-6-5-11-20(21)17-25/h2-14,18H,15-16H2,1H3,(H,26,27). The number of nitriles is 1. The fourth-order valence-electron chi connectivity index (χ4n) is 3.18. The Kier molecular flexibility index (Phi) is 6.02. The van der Waals surface area contributed by atoms with Gasteiger partial charge in [0.2, 0.25) is 0 Å². The van der Waals surface area contributed by atoms with Crippen molar-refractivity contribution in [2.75, 3.05) is 6.54 Å². The first kappa shape index (κ1) is 18.4. The number of hydrogen-bond donors (Lipinski definition) is 1. The molecule has 0 saturated heterocycles. The fourth-order valence-corrected chi connectivity index (χ4v) is 3.18. The zero-order chi connectivity index (χ0) is 19.1. The maximum absolute atomic E-state index is 12.8. The van der Waals surface area contributed by atoms with Crippen molar-refractivity contribution in [3.8, 4) is 17.2 Å². The van der Waals surface area contributed by atoms with Crippen molar-refractivity contribution in [1.82, 2.24) is 5.32 Å². The van der Waals surface area contributed by atoms with E-state index in [2.05, 4.69) is 30.4 Å². The molecule has 3 aromatic carbocycles. The molecule has 1 amide bonds. The predicted molar refractivity (Wildman–Crippen MR) is 108 cm³/mol. The van der Waals surface area contributed by atoms with E-state index >= 15 is 0 Å². The number of carbonyl (C=O) groups excluding carboxylic acids is 1. The van der Waals surface area contributed by atoms with E-state index in [1.165, 1.54) is 5.56 Å². The molecule has 0 spiro atoms. The van der Waals surface area contributed by atoms with Crippen molar-refractivity contribution in [3.05, 3.63) is 95.6 Å². The van der Waals surface area contributed by atoms with Crippen molar-refractivity contribution in [2.24, 2.45) is 0 Å². The van der Waals surface area contributed by atoms with Crippen molar-refractivity contribution >= 4 is 5.91 Å². The van der Waals surface area contributed by atoms with E-state index < -0.39 is 0 Å². The maximum Gasteiger partial charge on any atom is 0.251 e. The van der Waals surface area contributed by atoms with E-state index in [0.717, 1.165) is 17.5 Å². The summed E-state index contributed by atoms with van der Waals surface area (Å²) in [6, 6.07) is 27.3. The molecule has 3 nitrogen and oxygen atoms in total. The minimum atomic E-state index is -0.112. The summed E-state index contributed by atoms with van der Waals surface area (Å²) in [6.07, 6.45) is 0.868. The highest BCUT2D eigenvalue weighted by Gasteiger charge is 2.15. The molecule has 0 radical (unpaired) electrons. The van der Waals surface area contributed by atoms with Crippen molar-refractivity contribution in [3.63, 3.8) is 0 Å². The van der Waals surface area contributed by atoms with Gasteiger partial charge in [-0.05, 0) is 35.6 Å². The van der Waals surface area contributed by atoms with Crippen LogP contribution in [0.25, 0.3) is 11.1 Å². The van der Waals surface area contributed by atoms with Gasteiger partial charge >= 0.3 is 0 Å². The molecule has 0 saturated carbocycles. The van der Waals surface area contributed by atoms with Gasteiger partial charge in [0.15, 0.2) is 0 Å². The summed E-state index contributed by atoms with van der Waals surface area (Å²) in [7, 11) is 0. The zero-order valence-corrected chi connectivity index (χ0v) is 15.4. The van der Waals surface area contributed by atoms with Crippen LogP contribution in [0.4, 0.5) is 0 Å². The first-order chi connectivity index (χ1) is 13.2. The van der Waals surface area contributed by atoms with E-state index in [1.54, 1.807) is 12.1 Å². The second kappa shape index (κ2) is 8.82. The molecule has 3 heteroatoms. The van der Waals surface area contributed by atoms with Crippen LogP contribution >= 0.6 is 0 Å². The third-order valence-corrected chi connectivity index (χ3v) is 4.74. The van der Waals surface area contributed by atoms with Crippen LogP contribution in [0.5, 0.6) is 0 Å². The van der Waals surface area contributed by atoms with E-state index in [0.29, 0.717) is 23.6 Å². The van der Waals surface area contributed by atoms with Crippen molar-refractivity contribution in [2.45, 2.75) is 19.3 Å². The Hall–Kier alpha value is -3.38. The highest BCUT2D eigenvalue weighted by Crippen LogP contribution is 2.27. The Labute approximate surface area is 160 Å². The smallest absolute Gasteiger partial charge is 0.251 e. The van der Waals surface area contributed by atoms with Crippen LogP contribution in [0.3, 0.4) is 0 Å². The van der Waals surface area contributed by atoms with Crippen LogP contribution < -0.4 is 5.32 Å². The lowest BCUT2D eigenvalue weighted by Gasteiger charge is -2.14. The third-order valence-electron chi connectivity index (χ3n) is 4.74. The van der Waals surface area contributed by atoms with Gasteiger partial charge in [-0.3, -0.25) is 4.79 Å². The zero-order valence-electron chi connectivity index (χ0n) is 15.4. The Bertz CT molecular complexity index is 957. The molecule has 0 aliphatic carbocycles. The molecule has 134 valence electrons. The second-order valence-corrected chi connectivity index (χ2v) is 6.56. The average molecular weight is 354 g/mol. The van der Waals surface area contributed by atoms with E-state index in [9.17, 15) is 10.1 Å². The summed E-state index contributed by atoms with van der Waals surface area (Å²) >= 11 is 0. The fraction of sp³-hybridized carbons (Fsp3) is 0.167. The van der Waals surface area contributed by atoms with Crippen LogP contribution in [0.1, 0.15) is 40.7 Å². The van der Waals surface area contributed by atoms with Gasteiger partial charge in [-0.1, -0.05) is 73.7 Å². The molecule has 1 N–H and O–H groups in total. The normalized spacial score (nSPS) is 11.4. The molecule has 0 heterocycles. The monoisotopic (exact) mass is 354 g/mol. The predicted octanol–water partition coefficient (Wildman–Crippen LogP) is 5.15. The molecule has 0 fully saturated rings. The number of rotatable bonds is 6. The molecule has 3 rings (SSSR count). The first-order valence-corrected chi connectivity index (χ1v) is 9.12. The van der Waals surface area contributed by atoms with E-state index in [4.69, 9.17) is 0 Å². The van der Waals surface area contributed by atoms with Gasteiger partial charge in [0.1, 0.15) is 0 Å². The van der Waals surface area contributed by atoms with Gasteiger partial charge in [-0.2, -0.15) is 5.26 Å². The SMILES string of the molecule is CC(CCNC(=O)c1ccccc1-c1ccccc1C#N)c1ccccc1. The molecule has 0 aliphatic rings. The lowest BCUT2D eigenvalue weighted by atomic mass is 9.95. The van der Waals surface area contributed by atoms with Crippen LogP contribution in [0.2, 0.25) is 0 Å². The molecule has 0 aromatic heterocycles. The minimum absolute atomic E-state index is 0.112. The summed E-state index contributed by atoms with van der Waals surface area (Å²) in [5.74, 6) is 0.264. The highest BCUT2D eigenvalue weighted by molar-refractivity contribution is 6.01. The molecule has 0 bridgehead atoms. The van der Waals surface area contributed by atoms with Crippen LogP contribution in [0, 0.1) is 11.3 Å². The number of hydrogen-bond acceptors (Lipinski definition) is 2. The summed E-state index contributed by atoms with van der Waals surface area (Å²) in [6.45, 7) is 2.77. The van der Waals surface area contributed by atoms with Crippen LogP contribution in [-0.4, -0.2) is 12.5 Å². The number of amides is 1. The molecule has 27 heavy (non-hydrogen) atoms. The largest absolute Gasteiger partial charge is 0.352 e. The Balaban J connectivity index is 1.72. The molecular formula is C24H22N2O. The average Bonchev–Trinajstić information content (AvgIpc) is 2.74. The highest BCUT2D eigenvalue weighted by atomic mass is 16.1. The van der Waals surface area contributed by atoms with E-state index in [1.807, 2.05) is 54.6 Å². The summed E-state index contributed by atoms with van der Waals surface area (Å²) in [4.78, 5) is 12.8. The molecule has 3 aromatic rings. The lowest BCUT2D eigenvalue weighted by Crippen LogP contribution is -2.26. The van der Waals surface area contributed by atoms with Crippen molar-refractivity contribution in [1.29, 1.82) is 5.26 Å². The summed E-state index contributed by atoms with van der Waals surface area (Å²) in [5.41, 5.74) is 3.99. The van der Waals surface area contributed by atoms with Crippen LogP contribution in [-0.2, 0) is 0 Å². The summed E-state index contributed by atoms with van der Waals surface area (Å²) < 4.78 is 0. The Morgan fingerprint density at radius 1 is 0.926 bits per heavy atom. The Morgan fingerprint density at radius 2 is 1.56 bits per heavy atom. The van der Waals surface area contributed by atoms with Crippen molar-refractivity contribution < 1.29 is 4.79 Å².